The van der Waals surface area contributed by atoms with Crippen LogP contribution in [0, 0.1) is 17.2 Å². The first-order chi connectivity index (χ1) is 6.67. The maximum Gasteiger partial charge on any atom is 0.108 e. The van der Waals surface area contributed by atoms with Crippen LogP contribution in [0.15, 0.2) is 0 Å². The van der Waals surface area contributed by atoms with Gasteiger partial charge in [-0.1, -0.05) is 13.8 Å². The molecule has 0 bridgehead atoms. The predicted octanol–water partition coefficient (Wildman–Crippen LogP) is 1.22. The Morgan fingerprint density at radius 2 is 2.07 bits per heavy atom. The number of nitriles is 1. The van der Waals surface area contributed by atoms with Gasteiger partial charge in [0.25, 0.3) is 0 Å². The maximum absolute atomic E-state index is 8.87. The molecule has 0 radical (unpaired) electrons. The van der Waals surface area contributed by atoms with Crippen LogP contribution in [0.2, 0.25) is 0 Å². The molecule has 0 aromatic carbocycles. The highest BCUT2D eigenvalue weighted by Gasteiger charge is 2.30. The van der Waals surface area contributed by atoms with Gasteiger partial charge in [-0.05, 0) is 25.8 Å². The fraction of sp³-hybridized carbons (Fsp3) is 0.909. The summed E-state index contributed by atoms with van der Waals surface area (Å²) in [6.07, 6.45) is 2.63. The molecule has 1 aliphatic rings. The van der Waals surface area contributed by atoms with Crippen LogP contribution < -0.4 is 5.32 Å². The lowest BCUT2D eigenvalue weighted by atomic mass is 10.2. The summed E-state index contributed by atoms with van der Waals surface area (Å²) in [6.45, 7) is 6.45. The first-order valence-corrected chi connectivity index (χ1v) is 5.48. The van der Waals surface area contributed by atoms with Crippen LogP contribution in [0.5, 0.6) is 0 Å². The van der Waals surface area contributed by atoms with Gasteiger partial charge in [-0.15, -0.1) is 0 Å². The highest BCUT2D eigenvalue weighted by molar-refractivity contribution is 4.95. The van der Waals surface area contributed by atoms with Gasteiger partial charge in [0.1, 0.15) is 6.04 Å². The summed E-state index contributed by atoms with van der Waals surface area (Å²) in [7, 11) is 1.86. The summed E-state index contributed by atoms with van der Waals surface area (Å²) in [6, 6.07) is 3.02. The zero-order valence-corrected chi connectivity index (χ0v) is 9.45. The molecule has 1 N–H and O–H groups in total. The second kappa shape index (κ2) is 5.33. The van der Waals surface area contributed by atoms with E-state index in [0.29, 0.717) is 5.92 Å². The molecular weight excluding hydrogens is 174 g/mol. The normalized spacial score (nSPS) is 18.6. The average Bonchev–Trinajstić information content (AvgIpc) is 2.94. The third kappa shape index (κ3) is 3.65. The van der Waals surface area contributed by atoms with E-state index in [-0.39, 0.29) is 6.04 Å². The van der Waals surface area contributed by atoms with Gasteiger partial charge in [0, 0.05) is 19.1 Å². The van der Waals surface area contributed by atoms with Crippen LogP contribution in [0.3, 0.4) is 0 Å². The van der Waals surface area contributed by atoms with E-state index in [1.165, 1.54) is 12.8 Å². The van der Waals surface area contributed by atoms with Crippen molar-refractivity contribution in [2.45, 2.75) is 38.8 Å². The SMILES string of the molecule is CNC(C#N)CN(CC(C)C)C1CC1. The number of hydrogen-bond donors (Lipinski definition) is 1. The molecule has 0 aromatic heterocycles. The van der Waals surface area contributed by atoms with E-state index in [1.807, 2.05) is 7.05 Å². The van der Waals surface area contributed by atoms with Crippen molar-refractivity contribution in [3.05, 3.63) is 0 Å². The van der Waals surface area contributed by atoms with Crippen LogP contribution in [0.4, 0.5) is 0 Å². The van der Waals surface area contributed by atoms with Crippen LogP contribution in [-0.2, 0) is 0 Å². The molecule has 80 valence electrons. The standard InChI is InChI=1S/C11H21N3/c1-9(2)7-14(11-4-5-11)8-10(6-12)13-3/h9-11,13H,4-5,7-8H2,1-3H3. The average molecular weight is 195 g/mol. The van der Waals surface area contributed by atoms with Crippen molar-refractivity contribution >= 4 is 0 Å². The maximum atomic E-state index is 8.87. The number of nitrogens with zero attached hydrogens (tertiary/aromatic N) is 2. The molecule has 0 heterocycles. The molecule has 14 heavy (non-hydrogen) atoms. The molecule has 3 heteroatoms. The fourth-order valence-electron chi connectivity index (χ4n) is 1.71. The molecule has 1 saturated carbocycles. The van der Waals surface area contributed by atoms with Gasteiger partial charge in [-0.25, -0.2) is 0 Å². The molecule has 0 saturated heterocycles. The van der Waals surface area contributed by atoms with Crippen molar-refractivity contribution in [1.29, 1.82) is 5.26 Å². The van der Waals surface area contributed by atoms with Crippen molar-refractivity contribution in [2.75, 3.05) is 20.1 Å². The molecule has 1 aliphatic carbocycles. The summed E-state index contributed by atoms with van der Waals surface area (Å²) >= 11 is 0. The molecule has 1 fully saturated rings. The Hall–Kier alpha value is -0.590. The van der Waals surface area contributed by atoms with E-state index in [1.54, 1.807) is 0 Å². The van der Waals surface area contributed by atoms with E-state index >= 15 is 0 Å². The largest absolute Gasteiger partial charge is 0.304 e. The van der Waals surface area contributed by atoms with E-state index in [4.69, 9.17) is 5.26 Å². The molecule has 1 unspecified atom stereocenters. The van der Waals surface area contributed by atoms with Gasteiger partial charge >= 0.3 is 0 Å². The first-order valence-electron chi connectivity index (χ1n) is 5.48. The van der Waals surface area contributed by atoms with Gasteiger partial charge in [-0.2, -0.15) is 5.26 Å². The molecule has 3 nitrogen and oxygen atoms in total. The fourth-order valence-corrected chi connectivity index (χ4v) is 1.71. The second-order valence-electron chi connectivity index (χ2n) is 4.55. The Bertz CT molecular complexity index is 203. The quantitative estimate of drug-likeness (QED) is 0.692. The third-order valence-corrected chi connectivity index (χ3v) is 2.58. The smallest absolute Gasteiger partial charge is 0.108 e. The van der Waals surface area contributed by atoms with Gasteiger partial charge < -0.3 is 5.32 Å². The topological polar surface area (TPSA) is 39.1 Å². The first kappa shape index (κ1) is 11.5. The van der Waals surface area contributed by atoms with Crippen LogP contribution >= 0.6 is 0 Å². The highest BCUT2D eigenvalue weighted by Crippen LogP contribution is 2.27. The zero-order chi connectivity index (χ0) is 10.6. The van der Waals surface area contributed by atoms with Gasteiger partial charge in [0.15, 0.2) is 0 Å². The van der Waals surface area contributed by atoms with E-state index in [2.05, 4.69) is 30.1 Å². The van der Waals surface area contributed by atoms with Crippen LogP contribution in [0.25, 0.3) is 0 Å². The molecular formula is C11H21N3. The van der Waals surface area contributed by atoms with E-state index in [9.17, 15) is 0 Å². The van der Waals surface area contributed by atoms with Crippen molar-refractivity contribution in [2.24, 2.45) is 5.92 Å². The summed E-state index contributed by atoms with van der Waals surface area (Å²) in [5.41, 5.74) is 0. The number of rotatable bonds is 6. The van der Waals surface area contributed by atoms with Crippen molar-refractivity contribution in [1.82, 2.24) is 10.2 Å². The predicted molar refractivity (Wildman–Crippen MR) is 57.9 cm³/mol. The van der Waals surface area contributed by atoms with Crippen LogP contribution in [0.1, 0.15) is 26.7 Å². The van der Waals surface area contributed by atoms with Crippen molar-refractivity contribution < 1.29 is 0 Å². The lowest BCUT2D eigenvalue weighted by Crippen LogP contribution is -2.41. The Morgan fingerprint density at radius 1 is 1.43 bits per heavy atom. The van der Waals surface area contributed by atoms with Gasteiger partial charge in [0.05, 0.1) is 6.07 Å². The molecule has 0 aromatic rings. The number of hydrogen-bond acceptors (Lipinski definition) is 3. The molecule has 0 spiro atoms. The molecule has 0 aliphatic heterocycles. The molecule has 1 rings (SSSR count). The minimum Gasteiger partial charge on any atom is -0.304 e. The van der Waals surface area contributed by atoms with Gasteiger partial charge in [0.2, 0.25) is 0 Å². The lowest BCUT2D eigenvalue weighted by molar-refractivity contribution is 0.224. The minimum atomic E-state index is -0.0191. The molecule has 0 amide bonds. The zero-order valence-electron chi connectivity index (χ0n) is 9.45. The highest BCUT2D eigenvalue weighted by atomic mass is 15.2. The monoisotopic (exact) mass is 195 g/mol. The number of likely N-dealkylation sites (N-methyl/N-ethyl adjacent to an activating group) is 1. The molecule has 1 atom stereocenters. The van der Waals surface area contributed by atoms with E-state index < -0.39 is 0 Å². The lowest BCUT2D eigenvalue weighted by Gasteiger charge is -2.25. The number of nitrogens with one attached hydrogen (secondary N) is 1. The summed E-state index contributed by atoms with van der Waals surface area (Å²) < 4.78 is 0. The minimum absolute atomic E-state index is 0.0191. The summed E-state index contributed by atoms with van der Waals surface area (Å²) in [5.74, 6) is 0.687. The Labute approximate surface area is 87.1 Å². The second-order valence-corrected chi connectivity index (χ2v) is 4.55. The summed E-state index contributed by atoms with van der Waals surface area (Å²) in [5, 5.41) is 11.9. The van der Waals surface area contributed by atoms with Gasteiger partial charge in [-0.3, -0.25) is 4.90 Å². The third-order valence-electron chi connectivity index (χ3n) is 2.58. The Kier molecular flexibility index (Phi) is 4.37. The summed E-state index contributed by atoms with van der Waals surface area (Å²) in [4.78, 5) is 2.45. The van der Waals surface area contributed by atoms with E-state index in [0.717, 1.165) is 19.1 Å². The van der Waals surface area contributed by atoms with Crippen molar-refractivity contribution in [3.63, 3.8) is 0 Å². The Morgan fingerprint density at radius 3 is 2.43 bits per heavy atom. The Balaban J connectivity index is 2.38. The van der Waals surface area contributed by atoms with Crippen molar-refractivity contribution in [3.8, 4) is 6.07 Å². The van der Waals surface area contributed by atoms with Crippen LogP contribution in [-0.4, -0.2) is 37.1 Å².